The molecule has 1 aromatic rings. The third-order valence-electron chi connectivity index (χ3n) is 3.10. The molecule has 5 nitrogen and oxygen atoms in total. The van der Waals surface area contributed by atoms with Crippen molar-refractivity contribution in [1.29, 1.82) is 0 Å². The van der Waals surface area contributed by atoms with Crippen molar-refractivity contribution in [3.05, 3.63) is 22.8 Å². The van der Waals surface area contributed by atoms with E-state index in [0.717, 1.165) is 5.69 Å². The van der Waals surface area contributed by atoms with Crippen LogP contribution < -0.4 is 0 Å². The van der Waals surface area contributed by atoms with Crippen molar-refractivity contribution in [3.63, 3.8) is 0 Å². The Hall–Kier alpha value is -1.40. The summed E-state index contributed by atoms with van der Waals surface area (Å²) in [6.07, 6.45) is 1.77. The molecule has 0 fully saturated rings. The second-order valence-corrected chi connectivity index (χ2v) is 4.54. The van der Waals surface area contributed by atoms with Crippen LogP contribution in [0.2, 0.25) is 0 Å². The number of carboxylic acid groups (broad SMARTS) is 1. The topological polar surface area (TPSA) is 64.4 Å². The minimum Gasteiger partial charge on any atom is -0.476 e. The fraction of sp³-hybridized carbons (Fsp3) is 0.500. The largest absolute Gasteiger partial charge is 0.476 e. The molecule has 7 heteroatoms. The van der Waals surface area contributed by atoms with Crippen LogP contribution in [0, 0.1) is 0 Å². The number of fused-ring (bicyclic) bond motifs is 1. The molecule has 19 heavy (non-hydrogen) atoms. The maximum absolute atomic E-state index is 13.8. The van der Waals surface area contributed by atoms with E-state index in [4.69, 9.17) is 21.4 Å². The Labute approximate surface area is 114 Å². The quantitative estimate of drug-likeness (QED) is 0.682. The van der Waals surface area contributed by atoms with E-state index >= 15 is 0 Å². The first-order valence-corrected chi connectivity index (χ1v) is 6.39. The monoisotopic (exact) mass is 288 g/mol. The lowest BCUT2D eigenvalue weighted by molar-refractivity contribution is -0.134. The minimum atomic E-state index is -1.55. The lowest BCUT2D eigenvalue weighted by atomic mass is 9.90. The number of ether oxygens (including phenoxy) is 1. The van der Waals surface area contributed by atoms with Crippen LogP contribution in [0.5, 0.6) is 0 Å². The lowest BCUT2D eigenvalue weighted by Crippen LogP contribution is -2.12. The number of halogens is 2. The van der Waals surface area contributed by atoms with Crippen LogP contribution in [0.25, 0.3) is 5.57 Å². The molecular formula is C12H14ClFN2O3. The van der Waals surface area contributed by atoms with Crippen molar-refractivity contribution in [2.45, 2.75) is 31.9 Å². The number of carboxylic acids is 1. The molecule has 0 aliphatic heterocycles. The van der Waals surface area contributed by atoms with Gasteiger partial charge in [-0.15, -0.1) is 11.6 Å². The van der Waals surface area contributed by atoms with Crippen LogP contribution >= 0.6 is 11.6 Å². The third kappa shape index (κ3) is 2.50. The van der Waals surface area contributed by atoms with E-state index in [1.54, 1.807) is 4.68 Å². The minimum absolute atomic E-state index is 0.107. The van der Waals surface area contributed by atoms with E-state index in [9.17, 15) is 9.18 Å². The van der Waals surface area contributed by atoms with Gasteiger partial charge in [0.25, 0.3) is 0 Å². The molecule has 104 valence electrons. The Bertz CT molecular complexity index is 539. The number of rotatable bonds is 4. The zero-order valence-electron chi connectivity index (χ0n) is 10.4. The number of hydrogen-bond acceptors (Lipinski definition) is 3. The molecule has 2 rings (SSSR count). The highest BCUT2D eigenvalue weighted by molar-refractivity contribution is 6.17. The van der Waals surface area contributed by atoms with Crippen LogP contribution in [0.1, 0.15) is 29.8 Å². The summed E-state index contributed by atoms with van der Waals surface area (Å²) < 4.78 is 20.4. The van der Waals surface area contributed by atoms with Gasteiger partial charge in [0.1, 0.15) is 6.73 Å². The molecule has 0 aromatic carbocycles. The Morgan fingerprint density at radius 3 is 2.89 bits per heavy atom. The molecule has 0 amide bonds. The molecule has 0 saturated carbocycles. The molecule has 0 spiro atoms. The summed E-state index contributed by atoms with van der Waals surface area (Å²) in [5.41, 5.74) is 2.01. The standard InChI is InChI=1S/C12H14ClFN2O3/c1-19-6-16-9-4-2-3-7(11(14)12(17)18)10(9)8(5-13)15-16/h2-6H2,1H3,(H,17,18). The van der Waals surface area contributed by atoms with Crippen LogP contribution in [0.4, 0.5) is 4.39 Å². The summed E-state index contributed by atoms with van der Waals surface area (Å²) in [4.78, 5) is 10.8. The first-order valence-electron chi connectivity index (χ1n) is 5.85. The molecule has 0 atom stereocenters. The van der Waals surface area contributed by atoms with E-state index in [-0.39, 0.29) is 18.2 Å². The van der Waals surface area contributed by atoms with Gasteiger partial charge in [-0.3, -0.25) is 0 Å². The van der Waals surface area contributed by atoms with Crippen LogP contribution in [-0.2, 0) is 28.6 Å². The predicted octanol–water partition coefficient (Wildman–Crippen LogP) is 2.33. The van der Waals surface area contributed by atoms with Gasteiger partial charge in [0.2, 0.25) is 5.83 Å². The molecule has 1 N–H and O–H groups in total. The van der Waals surface area contributed by atoms with Crippen molar-refractivity contribution in [2.75, 3.05) is 7.11 Å². The van der Waals surface area contributed by atoms with E-state index in [1.807, 2.05) is 0 Å². The number of methoxy groups -OCH3 is 1. The summed E-state index contributed by atoms with van der Waals surface area (Å²) in [6, 6.07) is 0. The summed E-state index contributed by atoms with van der Waals surface area (Å²) >= 11 is 5.82. The Morgan fingerprint density at radius 2 is 2.32 bits per heavy atom. The fourth-order valence-corrected chi connectivity index (χ4v) is 2.57. The number of aromatic nitrogens is 2. The van der Waals surface area contributed by atoms with Gasteiger partial charge in [0.05, 0.1) is 11.6 Å². The van der Waals surface area contributed by atoms with Crippen molar-refractivity contribution in [2.24, 2.45) is 0 Å². The van der Waals surface area contributed by atoms with Crippen LogP contribution in [0.3, 0.4) is 0 Å². The van der Waals surface area contributed by atoms with Crippen molar-refractivity contribution in [3.8, 4) is 0 Å². The van der Waals surface area contributed by atoms with Gasteiger partial charge in [0.15, 0.2) is 0 Å². The SMILES string of the molecule is COCn1nc(CCl)c2c1CCCC2=C(F)C(=O)O. The molecule has 0 bridgehead atoms. The summed E-state index contributed by atoms with van der Waals surface area (Å²) in [7, 11) is 1.53. The zero-order valence-corrected chi connectivity index (χ0v) is 11.2. The number of carbonyl (C=O) groups is 1. The summed E-state index contributed by atoms with van der Waals surface area (Å²) in [5, 5.41) is 13.1. The second kappa shape index (κ2) is 5.71. The van der Waals surface area contributed by atoms with Gasteiger partial charge in [-0.25, -0.2) is 9.48 Å². The Kier molecular flexibility index (Phi) is 4.21. The van der Waals surface area contributed by atoms with Crippen LogP contribution in [0.15, 0.2) is 5.83 Å². The molecular weight excluding hydrogens is 275 g/mol. The lowest BCUT2D eigenvalue weighted by Gasteiger charge is -2.17. The molecule has 1 aliphatic rings. The van der Waals surface area contributed by atoms with Crippen molar-refractivity contribution >= 4 is 23.1 Å². The number of hydrogen-bond donors (Lipinski definition) is 1. The van der Waals surface area contributed by atoms with Gasteiger partial charge in [-0.1, -0.05) is 0 Å². The van der Waals surface area contributed by atoms with Crippen LogP contribution in [-0.4, -0.2) is 28.0 Å². The van der Waals surface area contributed by atoms with E-state index in [0.29, 0.717) is 30.5 Å². The van der Waals surface area contributed by atoms with E-state index < -0.39 is 11.8 Å². The highest BCUT2D eigenvalue weighted by atomic mass is 35.5. The first kappa shape index (κ1) is 14.0. The molecule has 0 radical (unpaired) electrons. The van der Waals surface area contributed by atoms with Gasteiger partial charge in [0, 0.05) is 23.9 Å². The molecule has 1 aliphatic carbocycles. The highest BCUT2D eigenvalue weighted by Crippen LogP contribution is 2.36. The third-order valence-corrected chi connectivity index (χ3v) is 3.36. The predicted molar refractivity (Wildman–Crippen MR) is 67.4 cm³/mol. The number of aliphatic carboxylic acids is 1. The van der Waals surface area contributed by atoms with Gasteiger partial charge < -0.3 is 9.84 Å². The maximum Gasteiger partial charge on any atom is 0.365 e. The normalized spacial score (nSPS) is 17.2. The summed E-state index contributed by atoms with van der Waals surface area (Å²) in [5.74, 6) is -2.57. The molecule has 0 saturated heterocycles. The van der Waals surface area contributed by atoms with Gasteiger partial charge >= 0.3 is 5.97 Å². The van der Waals surface area contributed by atoms with E-state index in [2.05, 4.69) is 5.10 Å². The molecule has 1 aromatic heterocycles. The van der Waals surface area contributed by atoms with Gasteiger partial charge in [-0.2, -0.15) is 9.49 Å². The average Bonchev–Trinajstić information content (AvgIpc) is 2.76. The average molecular weight is 289 g/mol. The highest BCUT2D eigenvalue weighted by Gasteiger charge is 2.28. The fourth-order valence-electron chi connectivity index (χ4n) is 2.38. The van der Waals surface area contributed by atoms with Crippen molar-refractivity contribution < 1.29 is 19.0 Å². The smallest absolute Gasteiger partial charge is 0.365 e. The first-order chi connectivity index (χ1) is 9.10. The number of alkyl halides is 1. The van der Waals surface area contributed by atoms with Gasteiger partial charge in [-0.05, 0) is 19.3 Å². The number of allylic oxidation sites excluding steroid dienone is 1. The zero-order chi connectivity index (χ0) is 14.0. The second-order valence-electron chi connectivity index (χ2n) is 4.27. The molecule has 1 heterocycles. The Morgan fingerprint density at radius 1 is 1.58 bits per heavy atom. The summed E-state index contributed by atoms with van der Waals surface area (Å²) in [6.45, 7) is 0.237. The number of nitrogens with zero attached hydrogens (tertiary/aromatic N) is 2. The maximum atomic E-state index is 13.8. The Balaban J connectivity index is 2.60. The molecule has 0 unspecified atom stereocenters. The van der Waals surface area contributed by atoms with E-state index in [1.165, 1.54) is 7.11 Å². The van der Waals surface area contributed by atoms with Crippen molar-refractivity contribution in [1.82, 2.24) is 9.78 Å².